The number of aromatic amines is 1. The molecule has 4 aromatic rings. The van der Waals surface area contributed by atoms with Crippen molar-refractivity contribution >= 4 is 28.0 Å². The van der Waals surface area contributed by atoms with Gasteiger partial charge in [0.05, 0.1) is 31.1 Å². The van der Waals surface area contributed by atoms with E-state index in [1.54, 1.807) is 24.9 Å². The van der Waals surface area contributed by atoms with Crippen molar-refractivity contribution in [1.82, 2.24) is 9.97 Å². The van der Waals surface area contributed by atoms with E-state index < -0.39 is 0 Å². The van der Waals surface area contributed by atoms with Gasteiger partial charge in [0.1, 0.15) is 5.82 Å². The summed E-state index contributed by atoms with van der Waals surface area (Å²) in [6, 6.07) is 11.9. The van der Waals surface area contributed by atoms with Crippen LogP contribution in [0.25, 0.3) is 21.9 Å². The lowest BCUT2D eigenvalue weighted by Crippen LogP contribution is -2.36. The average Bonchev–Trinajstić information content (AvgIpc) is 3.30. The Morgan fingerprint density at radius 1 is 1.07 bits per heavy atom. The molecule has 146 valence electrons. The number of H-pyrrole nitrogens is 1. The number of nitrogens with zero attached hydrogens (tertiary/aromatic N) is 2. The van der Waals surface area contributed by atoms with Gasteiger partial charge in [-0.3, -0.25) is 4.79 Å². The first kappa shape index (κ1) is 17.5. The number of furan rings is 1. The van der Waals surface area contributed by atoms with Crippen LogP contribution < -0.4 is 15.8 Å². The van der Waals surface area contributed by atoms with Crippen LogP contribution in [0.4, 0.5) is 17.2 Å². The van der Waals surface area contributed by atoms with Crippen molar-refractivity contribution in [3.05, 3.63) is 71.7 Å². The summed E-state index contributed by atoms with van der Waals surface area (Å²) in [7, 11) is 0. The number of fused-ring (bicyclic) bond motifs is 1. The van der Waals surface area contributed by atoms with E-state index in [1.165, 1.54) is 0 Å². The highest BCUT2D eigenvalue weighted by Gasteiger charge is 2.14. The van der Waals surface area contributed by atoms with Crippen LogP contribution in [-0.2, 0) is 4.74 Å². The Morgan fingerprint density at radius 2 is 1.90 bits per heavy atom. The molecule has 0 bridgehead atoms. The van der Waals surface area contributed by atoms with Gasteiger partial charge in [0.25, 0.3) is 5.56 Å². The first-order valence-corrected chi connectivity index (χ1v) is 9.52. The molecular weight excluding hydrogens is 368 g/mol. The molecule has 0 spiro atoms. The Kier molecular flexibility index (Phi) is 4.50. The van der Waals surface area contributed by atoms with Crippen LogP contribution in [0.3, 0.4) is 0 Å². The largest absolute Gasteiger partial charge is 0.472 e. The predicted molar refractivity (Wildman–Crippen MR) is 113 cm³/mol. The first-order valence-electron chi connectivity index (χ1n) is 9.52. The van der Waals surface area contributed by atoms with Gasteiger partial charge in [-0.15, -0.1) is 0 Å². The molecule has 1 fully saturated rings. The lowest BCUT2D eigenvalue weighted by atomic mass is 10.0. The van der Waals surface area contributed by atoms with Crippen LogP contribution >= 0.6 is 0 Å². The molecule has 0 unspecified atom stereocenters. The molecule has 7 heteroatoms. The van der Waals surface area contributed by atoms with Crippen LogP contribution in [0.2, 0.25) is 0 Å². The molecule has 5 rings (SSSR count). The van der Waals surface area contributed by atoms with Gasteiger partial charge in [0.2, 0.25) is 0 Å². The fourth-order valence-electron chi connectivity index (χ4n) is 3.66. The summed E-state index contributed by atoms with van der Waals surface area (Å²) in [5.41, 5.74) is 3.58. The summed E-state index contributed by atoms with van der Waals surface area (Å²) in [4.78, 5) is 22.2. The number of ether oxygens (including phenoxy) is 1. The van der Waals surface area contributed by atoms with Crippen molar-refractivity contribution in [3.8, 4) is 11.1 Å². The lowest BCUT2D eigenvalue weighted by molar-refractivity contribution is 0.122. The third-order valence-electron chi connectivity index (χ3n) is 5.15. The minimum atomic E-state index is -0.187. The van der Waals surface area contributed by atoms with E-state index in [0.29, 0.717) is 11.2 Å². The molecule has 0 radical (unpaired) electrons. The lowest BCUT2D eigenvalue weighted by Gasteiger charge is -2.28. The predicted octanol–water partition coefficient (Wildman–Crippen LogP) is 3.76. The molecule has 0 saturated carbocycles. The van der Waals surface area contributed by atoms with Crippen molar-refractivity contribution in [2.24, 2.45) is 0 Å². The van der Waals surface area contributed by atoms with E-state index in [-0.39, 0.29) is 5.56 Å². The zero-order valence-electron chi connectivity index (χ0n) is 15.7. The SMILES string of the molecule is O=c1[nH]ccc2c(-c3ccoc3)cnc(Nc3ccc(N4CCOCC4)cc3)c12. The Balaban J connectivity index is 1.49. The summed E-state index contributed by atoms with van der Waals surface area (Å²) in [6.07, 6.45) is 6.66. The summed E-state index contributed by atoms with van der Waals surface area (Å²) >= 11 is 0. The van der Waals surface area contributed by atoms with Gasteiger partial charge in [-0.25, -0.2) is 4.98 Å². The van der Waals surface area contributed by atoms with E-state index in [9.17, 15) is 4.79 Å². The van der Waals surface area contributed by atoms with Crippen molar-refractivity contribution in [3.63, 3.8) is 0 Å². The molecule has 1 aliphatic rings. The van der Waals surface area contributed by atoms with Gasteiger partial charge in [-0.1, -0.05) is 0 Å². The number of aromatic nitrogens is 2. The number of nitrogens with one attached hydrogen (secondary N) is 2. The van der Waals surface area contributed by atoms with Crippen molar-refractivity contribution < 1.29 is 9.15 Å². The monoisotopic (exact) mass is 388 g/mol. The summed E-state index contributed by atoms with van der Waals surface area (Å²) in [5, 5.41) is 4.63. The Morgan fingerprint density at radius 3 is 2.66 bits per heavy atom. The van der Waals surface area contributed by atoms with Gasteiger partial charge in [-0.2, -0.15) is 0 Å². The quantitative estimate of drug-likeness (QED) is 0.554. The number of benzene rings is 1. The van der Waals surface area contributed by atoms with Crippen LogP contribution in [0, 0.1) is 0 Å². The van der Waals surface area contributed by atoms with E-state index in [4.69, 9.17) is 9.15 Å². The highest BCUT2D eigenvalue weighted by molar-refractivity contribution is 6.01. The summed E-state index contributed by atoms with van der Waals surface area (Å²) < 4.78 is 10.6. The van der Waals surface area contributed by atoms with Gasteiger partial charge < -0.3 is 24.4 Å². The molecule has 1 saturated heterocycles. The van der Waals surface area contributed by atoms with Crippen LogP contribution in [0.15, 0.2) is 70.5 Å². The van der Waals surface area contributed by atoms with Crippen molar-refractivity contribution in [1.29, 1.82) is 0 Å². The molecule has 1 aromatic carbocycles. The fourth-order valence-corrected chi connectivity index (χ4v) is 3.66. The molecule has 0 aliphatic carbocycles. The molecule has 0 amide bonds. The summed E-state index contributed by atoms with van der Waals surface area (Å²) in [5.74, 6) is 0.521. The zero-order valence-corrected chi connectivity index (χ0v) is 15.7. The van der Waals surface area contributed by atoms with Gasteiger partial charge in [0.15, 0.2) is 0 Å². The van der Waals surface area contributed by atoms with Gasteiger partial charge in [0, 0.05) is 53.4 Å². The number of pyridine rings is 2. The van der Waals surface area contributed by atoms with E-state index in [1.807, 2.05) is 24.3 Å². The smallest absolute Gasteiger partial charge is 0.259 e. The zero-order chi connectivity index (χ0) is 19.6. The number of hydrogen-bond donors (Lipinski definition) is 2. The maximum Gasteiger partial charge on any atom is 0.259 e. The van der Waals surface area contributed by atoms with Crippen molar-refractivity contribution in [2.45, 2.75) is 0 Å². The number of hydrogen-bond acceptors (Lipinski definition) is 6. The van der Waals surface area contributed by atoms with E-state index in [2.05, 4.69) is 32.3 Å². The molecule has 2 N–H and O–H groups in total. The normalized spacial score (nSPS) is 14.3. The Labute approximate surface area is 166 Å². The number of anilines is 3. The van der Waals surface area contributed by atoms with Gasteiger partial charge >= 0.3 is 0 Å². The minimum Gasteiger partial charge on any atom is -0.472 e. The Bertz CT molecular complexity index is 1180. The van der Waals surface area contributed by atoms with Crippen LogP contribution in [0.5, 0.6) is 0 Å². The minimum absolute atomic E-state index is 0.187. The number of morpholine rings is 1. The van der Waals surface area contributed by atoms with Crippen molar-refractivity contribution in [2.75, 3.05) is 36.5 Å². The topological polar surface area (TPSA) is 83.4 Å². The second kappa shape index (κ2) is 7.44. The molecule has 3 aromatic heterocycles. The fraction of sp³-hybridized carbons (Fsp3) is 0.182. The molecule has 4 heterocycles. The number of rotatable bonds is 4. The average molecular weight is 388 g/mol. The highest BCUT2D eigenvalue weighted by Crippen LogP contribution is 2.31. The third kappa shape index (κ3) is 3.36. The van der Waals surface area contributed by atoms with Crippen LogP contribution in [0.1, 0.15) is 0 Å². The third-order valence-corrected chi connectivity index (χ3v) is 5.15. The molecule has 7 nitrogen and oxygen atoms in total. The van der Waals surface area contributed by atoms with Crippen LogP contribution in [-0.4, -0.2) is 36.3 Å². The maximum absolute atomic E-state index is 12.6. The van der Waals surface area contributed by atoms with E-state index in [0.717, 1.165) is 54.2 Å². The second-order valence-corrected chi connectivity index (χ2v) is 6.90. The standard InChI is InChI=1S/C22H20N4O3/c27-22-20-18(5-7-23-22)19(15-6-10-29-14-15)13-24-21(20)25-16-1-3-17(4-2-16)26-8-11-28-12-9-26/h1-7,10,13-14H,8-9,11-12H2,(H,23,27)(H,24,25). The van der Waals surface area contributed by atoms with Gasteiger partial charge in [-0.05, 0) is 36.4 Å². The maximum atomic E-state index is 12.6. The molecule has 29 heavy (non-hydrogen) atoms. The van der Waals surface area contributed by atoms with E-state index >= 15 is 0 Å². The molecule has 1 aliphatic heterocycles. The molecular formula is C22H20N4O3. The first-order chi connectivity index (χ1) is 14.3. The molecule has 0 atom stereocenters. The summed E-state index contributed by atoms with van der Waals surface area (Å²) in [6.45, 7) is 3.29. The highest BCUT2D eigenvalue weighted by atomic mass is 16.5. The second-order valence-electron chi connectivity index (χ2n) is 6.90. The Hall–Kier alpha value is -3.58.